The third kappa shape index (κ3) is 4.23. The summed E-state index contributed by atoms with van der Waals surface area (Å²) in [7, 11) is 0. The van der Waals surface area contributed by atoms with Gasteiger partial charge in [-0.05, 0) is 122 Å². The lowest BCUT2D eigenvalue weighted by atomic mass is 9.44. The molecule has 4 fully saturated rings. The van der Waals surface area contributed by atoms with Crippen molar-refractivity contribution in [3.8, 4) is 0 Å². The fourth-order valence-electron chi connectivity index (χ4n) is 9.85. The van der Waals surface area contributed by atoms with E-state index in [1.54, 1.807) is 12.6 Å². The Balaban J connectivity index is 1.42. The van der Waals surface area contributed by atoms with Gasteiger partial charge in [-0.2, -0.15) is 0 Å². The Morgan fingerprint density at radius 3 is 2.39 bits per heavy atom. The zero-order chi connectivity index (χ0) is 22.2. The van der Waals surface area contributed by atoms with E-state index in [9.17, 15) is 0 Å². The van der Waals surface area contributed by atoms with Crippen LogP contribution in [0, 0.1) is 58.2 Å². The number of nitrogens with zero attached hydrogens (tertiary/aromatic N) is 1. The Morgan fingerprint density at radius 1 is 0.871 bits per heavy atom. The SMILES string of the molecule is CC(C)[C@H](CC=NO)CC[C@@H](C)[C@H]1CC[C@H]2[C@@H]3CCC4CCCC[C@]4(C)[C@H]3CC[C@]12C. The fraction of sp³-hybridized carbons (Fsp3) is 0.966. The second kappa shape index (κ2) is 9.38. The molecule has 4 rings (SSSR count). The minimum absolute atomic E-state index is 0.596. The third-order valence-corrected chi connectivity index (χ3v) is 11.8. The van der Waals surface area contributed by atoms with Gasteiger partial charge in [0.15, 0.2) is 0 Å². The molecule has 0 aromatic heterocycles. The summed E-state index contributed by atoms with van der Waals surface area (Å²) >= 11 is 0. The van der Waals surface area contributed by atoms with E-state index >= 15 is 0 Å². The monoisotopic (exact) mass is 429 g/mol. The molecule has 2 heteroatoms. The van der Waals surface area contributed by atoms with E-state index in [4.69, 9.17) is 5.21 Å². The number of oxime groups is 1. The van der Waals surface area contributed by atoms with E-state index in [0.29, 0.717) is 22.7 Å². The molecule has 0 radical (unpaired) electrons. The molecule has 178 valence electrons. The highest BCUT2D eigenvalue weighted by Crippen LogP contribution is 2.68. The van der Waals surface area contributed by atoms with Crippen molar-refractivity contribution in [2.45, 2.75) is 118 Å². The Labute approximate surface area is 193 Å². The number of hydrogen-bond donors (Lipinski definition) is 1. The topological polar surface area (TPSA) is 32.6 Å². The molecule has 4 aliphatic rings. The first-order chi connectivity index (χ1) is 14.8. The largest absolute Gasteiger partial charge is 0.411 e. The molecule has 0 aliphatic heterocycles. The second-order valence-corrected chi connectivity index (χ2v) is 13.2. The molecular weight excluding hydrogens is 378 g/mol. The van der Waals surface area contributed by atoms with E-state index in [2.05, 4.69) is 39.8 Å². The van der Waals surface area contributed by atoms with Crippen LogP contribution in [-0.2, 0) is 0 Å². The highest BCUT2D eigenvalue weighted by molar-refractivity contribution is 5.56. The molecule has 9 atom stereocenters. The van der Waals surface area contributed by atoms with Crippen molar-refractivity contribution in [1.29, 1.82) is 0 Å². The van der Waals surface area contributed by atoms with E-state index < -0.39 is 0 Å². The van der Waals surface area contributed by atoms with Crippen LogP contribution in [0.15, 0.2) is 5.16 Å². The summed E-state index contributed by atoms with van der Waals surface area (Å²) in [5.41, 5.74) is 1.27. The standard InChI is InChI=1S/C29H51NO/c1-20(2)22(16-19-30-31)10-9-21(3)25-13-14-26-24-12-11-23-8-6-7-17-28(23,4)27(24)15-18-29(25,26)5/h19-27,31H,6-18H2,1-5H3/t21-,22+,23?,24+,25-,26+,27+,28+,29-/m1/s1. The van der Waals surface area contributed by atoms with Gasteiger partial charge in [-0.1, -0.05) is 53.9 Å². The maximum Gasteiger partial charge on any atom is 0.0438 e. The van der Waals surface area contributed by atoms with Gasteiger partial charge >= 0.3 is 0 Å². The van der Waals surface area contributed by atoms with Crippen molar-refractivity contribution in [3.05, 3.63) is 0 Å². The van der Waals surface area contributed by atoms with E-state index in [1.165, 1.54) is 70.6 Å². The first-order valence-electron chi connectivity index (χ1n) is 14.0. The Hall–Kier alpha value is -0.530. The molecule has 0 amide bonds. The van der Waals surface area contributed by atoms with Gasteiger partial charge in [0.25, 0.3) is 0 Å². The van der Waals surface area contributed by atoms with Crippen LogP contribution in [0.5, 0.6) is 0 Å². The van der Waals surface area contributed by atoms with Crippen LogP contribution in [-0.4, -0.2) is 11.4 Å². The first kappa shape index (κ1) is 23.6. The lowest BCUT2D eigenvalue weighted by molar-refractivity contribution is -0.114. The van der Waals surface area contributed by atoms with Crippen LogP contribution in [0.3, 0.4) is 0 Å². The van der Waals surface area contributed by atoms with Crippen molar-refractivity contribution in [3.63, 3.8) is 0 Å². The molecule has 31 heavy (non-hydrogen) atoms. The van der Waals surface area contributed by atoms with Crippen LogP contribution in [0.1, 0.15) is 118 Å². The molecule has 0 aromatic rings. The summed E-state index contributed by atoms with van der Waals surface area (Å²) in [6.07, 6.45) is 20.4. The summed E-state index contributed by atoms with van der Waals surface area (Å²) in [6, 6.07) is 0. The van der Waals surface area contributed by atoms with Crippen molar-refractivity contribution in [1.82, 2.24) is 0 Å². The van der Waals surface area contributed by atoms with Gasteiger partial charge in [-0.15, -0.1) is 5.16 Å². The van der Waals surface area contributed by atoms with Gasteiger partial charge in [-0.25, -0.2) is 0 Å². The molecule has 2 nitrogen and oxygen atoms in total. The molecule has 0 bridgehead atoms. The summed E-state index contributed by atoms with van der Waals surface area (Å²) in [5.74, 6) is 7.18. The molecule has 4 aliphatic carbocycles. The van der Waals surface area contributed by atoms with Crippen molar-refractivity contribution >= 4 is 6.21 Å². The molecule has 0 heterocycles. The van der Waals surface area contributed by atoms with Gasteiger partial charge in [0.1, 0.15) is 0 Å². The number of hydrogen-bond acceptors (Lipinski definition) is 2. The van der Waals surface area contributed by atoms with Crippen molar-refractivity contribution in [2.75, 3.05) is 0 Å². The molecule has 0 spiro atoms. The number of fused-ring (bicyclic) bond motifs is 5. The quantitative estimate of drug-likeness (QED) is 0.245. The highest BCUT2D eigenvalue weighted by Gasteiger charge is 2.60. The lowest BCUT2D eigenvalue weighted by Gasteiger charge is -2.61. The van der Waals surface area contributed by atoms with Gasteiger partial charge < -0.3 is 5.21 Å². The predicted octanol–water partition coefficient (Wildman–Crippen LogP) is 8.57. The predicted molar refractivity (Wildman–Crippen MR) is 131 cm³/mol. The Morgan fingerprint density at radius 2 is 1.65 bits per heavy atom. The minimum Gasteiger partial charge on any atom is -0.411 e. The molecular formula is C29H51NO. The zero-order valence-electron chi connectivity index (χ0n) is 21.3. The fourth-order valence-corrected chi connectivity index (χ4v) is 9.85. The summed E-state index contributed by atoms with van der Waals surface area (Å²) < 4.78 is 0. The summed E-state index contributed by atoms with van der Waals surface area (Å²) in [5, 5.41) is 12.1. The normalized spacial score (nSPS) is 44.6. The third-order valence-electron chi connectivity index (χ3n) is 11.8. The van der Waals surface area contributed by atoms with Gasteiger partial charge in [-0.3, -0.25) is 0 Å². The molecule has 0 aromatic carbocycles. The molecule has 4 saturated carbocycles. The first-order valence-corrected chi connectivity index (χ1v) is 14.0. The second-order valence-electron chi connectivity index (χ2n) is 13.2. The maximum absolute atomic E-state index is 8.86. The van der Waals surface area contributed by atoms with E-state index in [-0.39, 0.29) is 0 Å². The van der Waals surface area contributed by atoms with E-state index in [1.807, 2.05) is 0 Å². The van der Waals surface area contributed by atoms with Crippen molar-refractivity contribution < 1.29 is 5.21 Å². The average Bonchev–Trinajstić information content (AvgIpc) is 3.10. The van der Waals surface area contributed by atoms with Crippen LogP contribution in [0.25, 0.3) is 0 Å². The molecule has 1 N–H and O–H groups in total. The lowest BCUT2D eigenvalue weighted by Crippen LogP contribution is -2.53. The summed E-state index contributed by atoms with van der Waals surface area (Å²) in [4.78, 5) is 0. The van der Waals surface area contributed by atoms with Gasteiger partial charge in [0, 0.05) is 6.21 Å². The van der Waals surface area contributed by atoms with E-state index in [0.717, 1.165) is 41.9 Å². The van der Waals surface area contributed by atoms with Gasteiger partial charge in [0.05, 0.1) is 0 Å². The van der Waals surface area contributed by atoms with Gasteiger partial charge in [0.2, 0.25) is 0 Å². The smallest absolute Gasteiger partial charge is 0.0438 e. The van der Waals surface area contributed by atoms with Crippen LogP contribution < -0.4 is 0 Å². The molecule has 1 unspecified atom stereocenters. The average molecular weight is 430 g/mol. The Bertz CT molecular complexity index is 628. The molecule has 0 saturated heterocycles. The summed E-state index contributed by atoms with van der Waals surface area (Å²) in [6.45, 7) is 12.7. The maximum atomic E-state index is 8.86. The van der Waals surface area contributed by atoms with Crippen LogP contribution >= 0.6 is 0 Å². The minimum atomic E-state index is 0.596. The van der Waals surface area contributed by atoms with Crippen LogP contribution in [0.4, 0.5) is 0 Å². The highest BCUT2D eigenvalue weighted by atomic mass is 16.4. The zero-order valence-corrected chi connectivity index (χ0v) is 21.3. The number of rotatable bonds is 7. The Kier molecular flexibility index (Phi) is 7.15. The van der Waals surface area contributed by atoms with Crippen molar-refractivity contribution in [2.24, 2.45) is 63.3 Å². The van der Waals surface area contributed by atoms with Crippen LogP contribution in [0.2, 0.25) is 0 Å².